The fraction of sp³-hybridized carbons (Fsp3) is 0.778. The normalized spacial score (nSPS) is 17.3. The van der Waals surface area contributed by atoms with E-state index in [0.717, 1.165) is 0 Å². The second kappa shape index (κ2) is 5.98. The van der Waals surface area contributed by atoms with E-state index in [2.05, 4.69) is 0 Å². The van der Waals surface area contributed by atoms with E-state index in [9.17, 15) is 15.3 Å². The second-order valence-corrected chi connectivity index (χ2v) is 3.47. The molecule has 0 radical (unpaired) electrons. The molecule has 0 spiro atoms. The molecule has 5 N–H and O–H groups in total. The highest BCUT2D eigenvalue weighted by atomic mass is 16.4. The zero-order valence-corrected chi connectivity index (χ0v) is 8.38. The van der Waals surface area contributed by atoms with Crippen LogP contribution in [0.2, 0.25) is 0 Å². The second-order valence-electron chi connectivity index (χ2n) is 3.47. The molecule has 0 saturated carbocycles. The summed E-state index contributed by atoms with van der Waals surface area (Å²) < 4.78 is 0. The first kappa shape index (κ1) is 13.4. The number of aliphatic hydroxyl groups is 5. The summed E-state index contributed by atoms with van der Waals surface area (Å²) in [6.45, 7) is 2.70. The lowest BCUT2D eigenvalue weighted by Gasteiger charge is -2.20. The Bertz CT molecular complexity index is 197. The van der Waals surface area contributed by atoms with Crippen LogP contribution in [0.5, 0.6) is 0 Å². The lowest BCUT2D eigenvalue weighted by atomic mass is 10.0. The van der Waals surface area contributed by atoms with Gasteiger partial charge < -0.3 is 25.5 Å². The average Bonchev–Trinajstić information content (AvgIpc) is 2.14. The molecule has 0 aromatic rings. The van der Waals surface area contributed by atoms with Crippen LogP contribution < -0.4 is 0 Å². The summed E-state index contributed by atoms with van der Waals surface area (Å²) >= 11 is 0. The van der Waals surface area contributed by atoms with Gasteiger partial charge >= 0.3 is 0 Å². The zero-order chi connectivity index (χ0) is 11.3. The maximum Gasteiger partial charge on any atom is 0.136 e. The summed E-state index contributed by atoms with van der Waals surface area (Å²) in [5.74, 6) is -0.303. The molecule has 0 saturated heterocycles. The molecule has 0 aliphatic rings. The smallest absolute Gasteiger partial charge is 0.136 e. The first-order valence-corrected chi connectivity index (χ1v) is 4.41. The highest BCUT2D eigenvalue weighted by Gasteiger charge is 2.23. The van der Waals surface area contributed by atoms with E-state index in [1.165, 1.54) is 0 Å². The SMILES string of the molecule is CC(C)=C(O)C(O)C(O)CC(O)CO. The lowest BCUT2D eigenvalue weighted by molar-refractivity contribution is -0.0231. The van der Waals surface area contributed by atoms with E-state index in [1.54, 1.807) is 13.8 Å². The quantitative estimate of drug-likeness (QED) is 0.383. The van der Waals surface area contributed by atoms with Gasteiger partial charge in [0.15, 0.2) is 0 Å². The monoisotopic (exact) mass is 206 g/mol. The van der Waals surface area contributed by atoms with Crippen molar-refractivity contribution in [2.75, 3.05) is 6.61 Å². The van der Waals surface area contributed by atoms with E-state index in [0.29, 0.717) is 5.57 Å². The first-order valence-electron chi connectivity index (χ1n) is 4.41. The molecular weight excluding hydrogens is 188 g/mol. The van der Waals surface area contributed by atoms with Gasteiger partial charge in [0.1, 0.15) is 11.9 Å². The third-order valence-corrected chi connectivity index (χ3v) is 1.88. The van der Waals surface area contributed by atoms with Crippen LogP contribution in [0.25, 0.3) is 0 Å². The third-order valence-electron chi connectivity index (χ3n) is 1.88. The zero-order valence-electron chi connectivity index (χ0n) is 8.38. The van der Waals surface area contributed by atoms with Gasteiger partial charge in [-0.05, 0) is 19.4 Å². The van der Waals surface area contributed by atoms with Crippen molar-refractivity contribution in [3.8, 4) is 0 Å². The molecule has 14 heavy (non-hydrogen) atoms. The molecule has 0 heterocycles. The summed E-state index contributed by atoms with van der Waals surface area (Å²) in [4.78, 5) is 0. The van der Waals surface area contributed by atoms with Crippen LogP contribution in [0.1, 0.15) is 20.3 Å². The van der Waals surface area contributed by atoms with E-state index in [4.69, 9.17) is 10.2 Å². The molecule has 5 heteroatoms. The molecule has 84 valence electrons. The van der Waals surface area contributed by atoms with E-state index < -0.39 is 24.9 Å². The van der Waals surface area contributed by atoms with Crippen molar-refractivity contribution in [1.29, 1.82) is 0 Å². The van der Waals surface area contributed by atoms with Crippen LogP contribution in [0, 0.1) is 0 Å². The molecule has 0 aromatic carbocycles. The molecule has 0 bridgehead atoms. The predicted molar refractivity (Wildman–Crippen MR) is 50.7 cm³/mol. The summed E-state index contributed by atoms with van der Waals surface area (Å²) in [6, 6.07) is 0. The van der Waals surface area contributed by atoms with Gasteiger partial charge in [0.25, 0.3) is 0 Å². The van der Waals surface area contributed by atoms with Crippen LogP contribution in [-0.4, -0.2) is 50.5 Å². The van der Waals surface area contributed by atoms with Crippen molar-refractivity contribution in [3.63, 3.8) is 0 Å². The van der Waals surface area contributed by atoms with Gasteiger partial charge in [-0.15, -0.1) is 0 Å². The Morgan fingerprint density at radius 3 is 2.00 bits per heavy atom. The van der Waals surface area contributed by atoms with Gasteiger partial charge in [0, 0.05) is 6.42 Å². The predicted octanol–water partition coefficient (Wildman–Crippen LogP) is -0.697. The van der Waals surface area contributed by atoms with E-state index in [1.807, 2.05) is 0 Å². The molecule has 3 unspecified atom stereocenters. The van der Waals surface area contributed by atoms with Crippen molar-refractivity contribution >= 4 is 0 Å². The third kappa shape index (κ3) is 4.06. The number of aliphatic hydroxyl groups excluding tert-OH is 5. The molecule has 3 atom stereocenters. The van der Waals surface area contributed by atoms with Crippen molar-refractivity contribution < 1.29 is 25.5 Å². The first-order chi connectivity index (χ1) is 6.40. The Morgan fingerprint density at radius 1 is 1.14 bits per heavy atom. The van der Waals surface area contributed by atoms with Crippen LogP contribution in [0.15, 0.2) is 11.3 Å². The Balaban J connectivity index is 4.26. The maximum atomic E-state index is 9.35. The van der Waals surface area contributed by atoms with Gasteiger partial charge in [-0.3, -0.25) is 0 Å². The van der Waals surface area contributed by atoms with Gasteiger partial charge in [-0.25, -0.2) is 0 Å². The molecule has 0 rings (SSSR count). The molecule has 5 nitrogen and oxygen atoms in total. The topological polar surface area (TPSA) is 101 Å². The molecule has 0 fully saturated rings. The van der Waals surface area contributed by atoms with Crippen LogP contribution in [0.3, 0.4) is 0 Å². The summed E-state index contributed by atoms with van der Waals surface area (Å²) in [6.07, 6.45) is -3.98. The summed E-state index contributed by atoms with van der Waals surface area (Å²) in [5, 5.41) is 45.4. The van der Waals surface area contributed by atoms with Crippen molar-refractivity contribution in [2.45, 2.75) is 38.6 Å². The minimum absolute atomic E-state index is 0.186. The van der Waals surface area contributed by atoms with E-state index >= 15 is 0 Å². The number of hydrogen-bond donors (Lipinski definition) is 5. The number of hydrogen-bond acceptors (Lipinski definition) is 5. The lowest BCUT2D eigenvalue weighted by Crippen LogP contribution is -2.33. The average molecular weight is 206 g/mol. The summed E-state index contributed by atoms with van der Waals surface area (Å²) in [5.41, 5.74) is 0.495. The van der Waals surface area contributed by atoms with Gasteiger partial charge in [0.2, 0.25) is 0 Å². The number of allylic oxidation sites excluding steroid dienone is 1. The van der Waals surface area contributed by atoms with E-state index in [-0.39, 0.29) is 12.2 Å². The fourth-order valence-corrected chi connectivity index (χ4v) is 0.960. The number of rotatable bonds is 5. The fourth-order valence-electron chi connectivity index (χ4n) is 0.960. The van der Waals surface area contributed by atoms with Crippen molar-refractivity contribution in [1.82, 2.24) is 0 Å². The maximum absolute atomic E-state index is 9.35. The largest absolute Gasteiger partial charge is 0.510 e. The van der Waals surface area contributed by atoms with Crippen LogP contribution >= 0.6 is 0 Å². The standard InChI is InChI=1S/C9H18O5/c1-5(2)8(13)9(14)7(12)3-6(11)4-10/h6-7,9-14H,3-4H2,1-2H3. The molecule has 0 aliphatic carbocycles. The Kier molecular flexibility index (Phi) is 5.71. The highest BCUT2D eigenvalue weighted by Crippen LogP contribution is 2.12. The molecule has 0 amide bonds. The summed E-state index contributed by atoms with van der Waals surface area (Å²) in [7, 11) is 0. The van der Waals surface area contributed by atoms with Crippen molar-refractivity contribution in [3.05, 3.63) is 11.3 Å². The van der Waals surface area contributed by atoms with Gasteiger partial charge in [0.05, 0.1) is 18.8 Å². The van der Waals surface area contributed by atoms with Crippen molar-refractivity contribution in [2.24, 2.45) is 0 Å². The molecule has 0 aromatic heterocycles. The highest BCUT2D eigenvalue weighted by molar-refractivity contribution is 5.07. The Labute approximate surface area is 82.9 Å². The minimum Gasteiger partial charge on any atom is -0.510 e. The van der Waals surface area contributed by atoms with Crippen LogP contribution in [0.4, 0.5) is 0 Å². The Hall–Kier alpha value is -0.620. The molecular formula is C9H18O5. The minimum atomic E-state index is -1.42. The molecule has 0 aliphatic heterocycles. The van der Waals surface area contributed by atoms with Gasteiger partial charge in [-0.1, -0.05) is 0 Å². The van der Waals surface area contributed by atoms with Crippen LogP contribution in [-0.2, 0) is 0 Å². The van der Waals surface area contributed by atoms with Gasteiger partial charge in [-0.2, -0.15) is 0 Å². The Morgan fingerprint density at radius 2 is 1.64 bits per heavy atom.